The molecule has 0 aliphatic carbocycles. The first-order valence-electron chi connectivity index (χ1n) is 10.4. The van der Waals surface area contributed by atoms with E-state index in [-0.39, 0.29) is 23.7 Å². The number of aromatic nitrogens is 2. The first-order chi connectivity index (χ1) is 16.5. The lowest BCUT2D eigenvalue weighted by molar-refractivity contribution is 0.0487. The zero-order valence-corrected chi connectivity index (χ0v) is 19.5. The van der Waals surface area contributed by atoms with Crippen LogP contribution < -0.4 is 5.43 Å². The molecule has 9 heteroatoms. The van der Waals surface area contributed by atoms with Crippen LogP contribution >= 0.6 is 11.3 Å². The van der Waals surface area contributed by atoms with Gasteiger partial charge in [-0.2, -0.15) is 0 Å². The van der Waals surface area contributed by atoms with Gasteiger partial charge >= 0.3 is 5.97 Å². The van der Waals surface area contributed by atoms with E-state index < -0.39 is 11.4 Å². The number of rotatable bonds is 7. The lowest BCUT2D eigenvalue weighted by Crippen LogP contribution is -2.10. The van der Waals surface area contributed by atoms with Crippen LogP contribution in [0, 0.1) is 5.82 Å². The number of ether oxygens (including phenoxy) is 2. The van der Waals surface area contributed by atoms with Gasteiger partial charge in [0.05, 0.1) is 18.8 Å². The summed E-state index contributed by atoms with van der Waals surface area (Å²) in [6.07, 6.45) is 1.65. The Balaban J connectivity index is 0.000000302. The maximum atomic E-state index is 12.9. The summed E-state index contributed by atoms with van der Waals surface area (Å²) in [4.78, 5) is 23.8. The van der Waals surface area contributed by atoms with Crippen molar-refractivity contribution < 1.29 is 23.1 Å². The molecule has 2 aromatic carbocycles. The Labute approximate surface area is 199 Å². The number of esters is 1. The monoisotopic (exact) mass is 482 g/mol. The molecule has 176 valence electrons. The Morgan fingerprint density at radius 2 is 1.79 bits per heavy atom. The Hall–Kier alpha value is -3.69. The van der Waals surface area contributed by atoms with Gasteiger partial charge in [0.15, 0.2) is 10.4 Å². The molecule has 0 radical (unpaired) electrons. The Morgan fingerprint density at radius 3 is 2.44 bits per heavy atom. The van der Waals surface area contributed by atoms with Gasteiger partial charge in [0.25, 0.3) is 0 Å². The maximum absolute atomic E-state index is 12.9. The molecule has 0 fully saturated rings. The van der Waals surface area contributed by atoms with Crippen LogP contribution in [0.15, 0.2) is 76.1 Å². The summed E-state index contributed by atoms with van der Waals surface area (Å²) in [6, 6.07) is 17.3. The quantitative estimate of drug-likeness (QED) is 0.346. The van der Waals surface area contributed by atoms with Crippen LogP contribution in [0.1, 0.15) is 33.6 Å². The molecule has 0 N–H and O–H groups in total. The summed E-state index contributed by atoms with van der Waals surface area (Å²) < 4.78 is 27.8. The van der Waals surface area contributed by atoms with Crippen LogP contribution in [0.2, 0.25) is 0 Å². The van der Waals surface area contributed by atoms with Crippen LogP contribution in [-0.2, 0) is 22.5 Å². The van der Waals surface area contributed by atoms with Gasteiger partial charge in [-0.15, -0.1) is 10.2 Å². The minimum Gasteiger partial charge on any atom is -0.460 e. The smallest absolute Gasteiger partial charge is 0.374 e. The van der Waals surface area contributed by atoms with E-state index in [9.17, 15) is 14.0 Å². The third kappa shape index (κ3) is 7.16. The van der Waals surface area contributed by atoms with Gasteiger partial charge in [-0.05, 0) is 30.2 Å². The highest BCUT2D eigenvalue weighted by Gasteiger charge is 2.16. The number of hydrogen-bond donors (Lipinski definition) is 0. The van der Waals surface area contributed by atoms with Gasteiger partial charge in [0.1, 0.15) is 17.1 Å². The topological polar surface area (TPSA) is 91.5 Å². The van der Waals surface area contributed by atoms with E-state index >= 15 is 0 Å². The van der Waals surface area contributed by atoms with Crippen LogP contribution in [0.25, 0.3) is 10.6 Å². The molecule has 0 unspecified atom stereocenters. The third-order valence-electron chi connectivity index (χ3n) is 4.43. The summed E-state index contributed by atoms with van der Waals surface area (Å²) in [7, 11) is 1.70. The van der Waals surface area contributed by atoms with Crippen molar-refractivity contribution in [3.63, 3.8) is 0 Å². The molecule has 0 spiro atoms. The first kappa shape index (κ1) is 24.9. The predicted octanol–water partition coefficient (Wildman–Crippen LogP) is 4.90. The number of carbonyl (C=O) groups is 1. The molecule has 4 rings (SSSR count). The number of halogens is 1. The second kappa shape index (κ2) is 12.5. The third-order valence-corrected chi connectivity index (χ3v) is 5.38. The lowest BCUT2D eigenvalue weighted by atomic mass is 10.2. The number of nitrogens with zero attached hydrogens (tertiary/aromatic N) is 2. The molecule has 2 heterocycles. The van der Waals surface area contributed by atoms with E-state index in [1.54, 1.807) is 26.2 Å². The summed E-state index contributed by atoms with van der Waals surface area (Å²) in [5.41, 5.74) is 1.92. The molecule has 0 aliphatic rings. The lowest BCUT2D eigenvalue weighted by Gasteiger charge is -2.00. The average Bonchev–Trinajstić information content (AvgIpc) is 3.30. The summed E-state index contributed by atoms with van der Waals surface area (Å²) in [5.74, 6) is -1.16. The van der Waals surface area contributed by atoms with Crippen LogP contribution in [0.3, 0.4) is 0 Å². The van der Waals surface area contributed by atoms with E-state index in [4.69, 9.17) is 13.9 Å². The van der Waals surface area contributed by atoms with Crippen LogP contribution in [0.4, 0.5) is 4.39 Å². The molecule has 0 saturated heterocycles. The Bertz CT molecular complexity index is 1260. The van der Waals surface area contributed by atoms with Crippen molar-refractivity contribution >= 4 is 17.3 Å². The molecule has 0 saturated carbocycles. The number of carbonyl (C=O) groups excluding carboxylic acids is 1. The van der Waals surface area contributed by atoms with E-state index in [0.717, 1.165) is 11.6 Å². The van der Waals surface area contributed by atoms with Gasteiger partial charge in [-0.1, -0.05) is 53.8 Å². The maximum Gasteiger partial charge on any atom is 0.374 e. The van der Waals surface area contributed by atoms with E-state index in [2.05, 4.69) is 10.2 Å². The van der Waals surface area contributed by atoms with Crippen molar-refractivity contribution in [2.45, 2.75) is 20.0 Å². The summed E-state index contributed by atoms with van der Waals surface area (Å²) >= 11 is 1.23. The zero-order valence-electron chi connectivity index (χ0n) is 18.7. The summed E-state index contributed by atoms with van der Waals surface area (Å²) in [5, 5.41) is 9.10. The molecule has 34 heavy (non-hydrogen) atoms. The molecule has 0 atom stereocenters. The normalized spacial score (nSPS) is 10.3. The number of methoxy groups -OCH3 is 1. The molecular weight excluding hydrogens is 459 g/mol. The van der Waals surface area contributed by atoms with Crippen molar-refractivity contribution in [2.75, 3.05) is 13.7 Å². The minimum atomic E-state index is -0.694. The SMILES string of the molecule is CCOC(=O)c1cc(=O)c(-c2nnc(Cc3ccc(F)cc3)s2)co1.COCc1ccccc1. The number of hydrogen-bond acceptors (Lipinski definition) is 8. The fraction of sp³-hybridized carbons (Fsp3) is 0.200. The van der Waals surface area contributed by atoms with Gasteiger partial charge in [0.2, 0.25) is 5.76 Å². The second-order valence-corrected chi connectivity index (χ2v) is 8.03. The summed E-state index contributed by atoms with van der Waals surface area (Å²) in [6.45, 7) is 2.56. The van der Waals surface area contributed by atoms with Gasteiger partial charge in [-0.3, -0.25) is 4.79 Å². The van der Waals surface area contributed by atoms with Crippen molar-refractivity contribution in [2.24, 2.45) is 0 Å². The van der Waals surface area contributed by atoms with Crippen molar-refractivity contribution in [3.05, 3.63) is 105 Å². The molecular formula is C25H23FN2O5S. The molecule has 7 nitrogen and oxygen atoms in total. The first-order valence-corrected chi connectivity index (χ1v) is 11.2. The van der Waals surface area contributed by atoms with Crippen molar-refractivity contribution in [1.29, 1.82) is 0 Å². The van der Waals surface area contributed by atoms with Gasteiger partial charge in [-0.25, -0.2) is 9.18 Å². The zero-order chi connectivity index (χ0) is 24.3. The molecule has 0 bridgehead atoms. The van der Waals surface area contributed by atoms with Crippen molar-refractivity contribution in [1.82, 2.24) is 10.2 Å². The highest BCUT2D eigenvalue weighted by atomic mass is 32.1. The van der Waals surface area contributed by atoms with Crippen molar-refractivity contribution in [3.8, 4) is 10.6 Å². The average molecular weight is 483 g/mol. The fourth-order valence-electron chi connectivity index (χ4n) is 2.83. The Morgan fingerprint density at radius 1 is 1.06 bits per heavy atom. The molecule has 4 aromatic rings. The predicted molar refractivity (Wildman–Crippen MR) is 126 cm³/mol. The minimum absolute atomic E-state index is 0.161. The van der Waals surface area contributed by atoms with E-state index in [1.165, 1.54) is 35.3 Å². The fourth-order valence-corrected chi connectivity index (χ4v) is 3.71. The Kier molecular flexibility index (Phi) is 9.19. The van der Waals surface area contributed by atoms with E-state index in [1.807, 2.05) is 30.3 Å². The van der Waals surface area contributed by atoms with Gasteiger partial charge in [0, 0.05) is 19.6 Å². The standard InChI is InChI=1S/C17H13FN2O4S.C8H10O/c1-2-23-17(22)14-8-13(21)12(9-24-14)16-20-19-15(25-16)7-10-3-5-11(18)6-4-10;1-9-7-8-5-3-2-4-6-8/h3-6,8-9H,2,7H2,1H3;2-6H,7H2,1H3. The second-order valence-electron chi connectivity index (χ2n) is 6.97. The molecule has 0 aliphatic heterocycles. The molecule has 0 amide bonds. The largest absolute Gasteiger partial charge is 0.460 e. The van der Waals surface area contributed by atoms with Crippen LogP contribution in [0.5, 0.6) is 0 Å². The molecule has 2 aromatic heterocycles. The van der Waals surface area contributed by atoms with Gasteiger partial charge < -0.3 is 13.9 Å². The number of benzene rings is 2. The highest BCUT2D eigenvalue weighted by Crippen LogP contribution is 2.23. The van der Waals surface area contributed by atoms with Crippen LogP contribution in [-0.4, -0.2) is 29.9 Å². The van der Waals surface area contributed by atoms with E-state index in [0.29, 0.717) is 23.0 Å². The highest BCUT2D eigenvalue weighted by molar-refractivity contribution is 7.14.